The van der Waals surface area contributed by atoms with Gasteiger partial charge in [-0.25, -0.2) is 0 Å². The van der Waals surface area contributed by atoms with E-state index in [-0.39, 0.29) is 12.2 Å². The van der Waals surface area contributed by atoms with Crippen LogP contribution in [0.2, 0.25) is 0 Å². The predicted octanol–water partition coefficient (Wildman–Crippen LogP) is 2.67. The van der Waals surface area contributed by atoms with Gasteiger partial charge in [-0.1, -0.05) is 0 Å². The minimum atomic E-state index is 0.201. The van der Waals surface area contributed by atoms with E-state index in [1.165, 1.54) is 5.56 Å². The summed E-state index contributed by atoms with van der Waals surface area (Å²) in [6, 6.07) is 4.11. The first-order valence-corrected chi connectivity index (χ1v) is 10.2. The third kappa shape index (κ3) is 6.42. The van der Waals surface area contributed by atoms with Crippen LogP contribution in [0.5, 0.6) is 0 Å². The standard InChI is InChI=1S/C16H24NO2.In.2H/c1-4-7-15(18-2)16(19-3)9-6-5-8-14-10-12-17-13-11-14;;;/h8,10-13,15-16H,4,6-7,9H2,1-3H3;;;. The van der Waals surface area contributed by atoms with Crippen LogP contribution in [0.25, 0.3) is 6.08 Å². The van der Waals surface area contributed by atoms with E-state index >= 15 is 0 Å². The van der Waals surface area contributed by atoms with E-state index in [4.69, 9.17) is 9.47 Å². The Bertz CT molecular complexity index is 395. The summed E-state index contributed by atoms with van der Waals surface area (Å²) in [6.07, 6.45) is 10.7. The average Bonchev–Trinajstić information content (AvgIpc) is 2.47. The molecule has 110 valence electrons. The van der Waals surface area contributed by atoms with Crippen LogP contribution in [0.3, 0.4) is 0 Å². The van der Waals surface area contributed by atoms with Crippen LogP contribution in [-0.4, -0.2) is 55.8 Å². The molecule has 20 heavy (non-hydrogen) atoms. The van der Waals surface area contributed by atoms with Gasteiger partial charge in [-0.05, 0) is 0 Å². The maximum atomic E-state index is 5.62. The monoisotopic (exact) mass is 379 g/mol. The van der Waals surface area contributed by atoms with Crippen molar-refractivity contribution in [3.05, 3.63) is 33.4 Å². The van der Waals surface area contributed by atoms with Crippen molar-refractivity contribution in [2.24, 2.45) is 0 Å². The Morgan fingerprint density at radius 1 is 1.20 bits per heavy atom. The third-order valence-corrected chi connectivity index (χ3v) is 5.79. The molecule has 0 spiro atoms. The topological polar surface area (TPSA) is 31.4 Å². The predicted molar refractivity (Wildman–Crippen MR) is 86.5 cm³/mol. The average molecular weight is 379 g/mol. The van der Waals surface area contributed by atoms with Crippen LogP contribution in [0.4, 0.5) is 0 Å². The van der Waals surface area contributed by atoms with E-state index in [9.17, 15) is 0 Å². The van der Waals surface area contributed by atoms with E-state index in [0.29, 0.717) is 24.4 Å². The Morgan fingerprint density at radius 3 is 2.35 bits per heavy atom. The number of allylic oxidation sites excluding steroid dienone is 1. The second-order valence-electron chi connectivity index (χ2n) is 5.15. The van der Waals surface area contributed by atoms with Gasteiger partial charge in [-0.3, -0.25) is 0 Å². The molecule has 0 bridgehead atoms. The van der Waals surface area contributed by atoms with Crippen molar-refractivity contribution in [1.29, 1.82) is 0 Å². The van der Waals surface area contributed by atoms with Crippen LogP contribution in [0.15, 0.2) is 27.9 Å². The summed E-state index contributed by atoms with van der Waals surface area (Å²) in [5.41, 5.74) is 1.25. The molecule has 2 unspecified atom stereocenters. The van der Waals surface area contributed by atoms with Gasteiger partial charge in [0.2, 0.25) is 0 Å². The van der Waals surface area contributed by atoms with Crippen LogP contribution in [-0.2, 0) is 9.47 Å². The van der Waals surface area contributed by atoms with E-state index in [1.54, 1.807) is 17.5 Å². The van der Waals surface area contributed by atoms with Crippen molar-refractivity contribution in [2.75, 3.05) is 14.2 Å². The molecular formula is C16H26InNO2. The number of rotatable bonds is 9. The third-order valence-electron chi connectivity index (χ3n) is 3.54. The summed E-state index contributed by atoms with van der Waals surface area (Å²) < 4.78 is 12.7. The zero-order valence-corrected chi connectivity index (χ0v) is 18.8. The first-order valence-electron chi connectivity index (χ1n) is 7.34. The maximum absolute atomic E-state index is 5.62. The van der Waals surface area contributed by atoms with Crippen molar-refractivity contribution in [3.8, 4) is 0 Å². The molecule has 1 heterocycles. The fourth-order valence-corrected chi connectivity index (χ4v) is 4.16. The van der Waals surface area contributed by atoms with Crippen LogP contribution in [0.1, 0.15) is 38.2 Å². The molecule has 0 radical (unpaired) electrons. The van der Waals surface area contributed by atoms with Gasteiger partial charge in [0.1, 0.15) is 0 Å². The molecule has 0 amide bonds. The number of nitrogens with zero attached hydrogens (tertiary/aromatic N) is 1. The number of hydrogen-bond donors (Lipinski definition) is 0. The Morgan fingerprint density at radius 2 is 1.80 bits per heavy atom. The molecule has 0 fully saturated rings. The van der Waals surface area contributed by atoms with Gasteiger partial charge in [-0.15, -0.1) is 0 Å². The van der Waals surface area contributed by atoms with Crippen LogP contribution < -0.4 is 0 Å². The van der Waals surface area contributed by atoms with Gasteiger partial charge in [0.05, 0.1) is 0 Å². The number of ether oxygens (including phenoxy) is 2. The summed E-state index contributed by atoms with van der Waals surface area (Å²) >= 11 is 0.520. The molecule has 2 atom stereocenters. The number of hydrogen-bond acceptors (Lipinski definition) is 3. The second kappa shape index (κ2) is 10.4. The molecule has 0 N–H and O–H groups in total. The van der Waals surface area contributed by atoms with Crippen molar-refractivity contribution >= 4 is 30.5 Å². The van der Waals surface area contributed by atoms with Crippen molar-refractivity contribution in [1.82, 2.24) is 4.98 Å². The number of methoxy groups -OCH3 is 2. The van der Waals surface area contributed by atoms with Crippen LogP contribution >= 0.6 is 0 Å². The minimum absolute atomic E-state index is 0.201. The fourth-order valence-electron chi connectivity index (χ4n) is 2.38. The normalized spacial score (nSPS) is 15.1. The van der Waals surface area contributed by atoms with Crippen molar-refractivity contribution in [2.45, 2.75) is 44.8 Å². The van der Waals surface area contributed by atoms with E-state index in [0.717, 1.165) is 25.7 Å². The second-order valence-corrected chi connectivity index (χ2v) is 8.81. The first kappa shape index (κ1) is 17.7. The zero-order valence-electron chi connectivity index (χ0n) is 13.1. The fraction of sp³-hybridized carbons (Fsp3) is 0.562. The van der Waals surface area contributed by atoms with Gasteiger partial charge < -0.3 is 0 Å². The summed E-state index contributed by atoms with van der Waals surface area (Å²) in [5, 5.41) is 0. The van der Waals surface area contributed by atoms with Gasteiger partial charge >= 0.3 is 137 Å². The molecule has 1 aromatic heterocycles. The van der Waals surface area contributed by atoms with Crippen molar-refractivity contribution < 1.29 is 9.47 Å². The van der Waals surface area contributed by atoms with Gasteiger partial charge in [0.25, 0.3) is 0 Å². The number of aromatic nitrogens is 1. The van der Waals surface area contributed by atoms with E-state index in [1.807, 2.05) is 12.4 Å². The van der Waals surface area contributed by atoms with Gasteiger partial charge in [0.15, 0.2) is 0 Å². The summed E-state index contributed by atoms with van der Waals surface area (Å²) in [4.78, 5) is 4.05. The van der Waals surface area contributed by atoms with Crippen LogP contribution in [0, 0.1) is 0 Å². The molecule has 0 saturated carbocycles. The molecule has 0 aliphatic heterocycles. The zero-order chi connectivity index (χ0) is 14.8. The summed E-state index contributed by atoms with van der Waals surface area (Å²) in [6.45, 7) is 2.18. The first-order chi connectivity index (χ1) is 9.71. The molecule has 1 aromatic rings. The molecule has 0 aromatic carbocycles. The molecule has 4 heteroatoms. The number of pyridine rings is 1. The molecule has 3 nitrogen and oxygen atoms in total. The Labute approximate surface area is 137 Å². The Hall–Kier alpha value is -0.320. The molecule has 0 saturated heterocycles. The summed E-state index contributed by atoms with van der Waals surface area (Å²) in [7, 11) is 3.57. The molecule has 0 aliphatic rings. The molecule has 1 rings (SSSR count). The van der Waals surface area contributed by atoms with E-state index < -0.39 is 0 Å². The molecular weight excluding hydrogens is 353 g/mol. The quantitative estimate of drug-likeness (QED) is 0.661. The summed E-state index contributed by atoms with van der Waals surface area (Å²) in [5.74, 6) is 0. The molecule has 0 aliphatic carbocycles. The SMILES string of the molecule is CCCC(OC)C(CC[C]([InH2])=Cc1ccncc1)OC. The van der Waals surface area contributed by atoms with Gasteiger partial charge in [0, 0.05) is 0 Å². The Kier molecular flexibility index (Phi) is 9.23. The Balaban J connectivity index is 2.53. The van der Waals surface area contributed by atoms with E-state index in [2.05, 4.69) is 30.1 Å². The van der Waals surface area contributed by atoms with Gasteiger partial charge in [-0.2, -0.15) is 0 Å². The van der Waals surface area contributed by atoms with Crippen molar-refractivity contribution in [3.63, 3.8) is 0 Å².